The second kappa shape index (κ2) is 11.1. The van der Waals surface area contributed by atoms with Crippen molar-refractivity contribution < 1.29 is 37.3 Å². The maximum absolute atomic E-state index is 12.4. The van der Waals surface area contributed by atoms with E-state index in [-0.39, 0.29) is 24.3 Å². The summed E-state index contributed by atoms with van der Waals surface area (Å²) < 4.78 is 43.3. The van der Waals surface area contributed by atoms with Gasteiger partial charge in [-0.3, -0.25) is 4.98 Å². The van der Waals surface area contributed by atoms with E-state index < -0.39 is 12.1 Å². The van der Waals surface area contributed by atoms with Gasteiger partial charge in [0, 0.05) is 32.1 Å². The van der Waals surface area contributed by atoms with Gasteiger partial charge < -0.3 is 24.8 Å². The van der Waals surface area contributed by atoms with Crippen LogP contribution in [0, 0.1) is 0 Å². The van der Waals surface area contributed by atoms with Crippen molar-refractivity contribution in [2.45, 2.75) is 57.2 Å². The third-order valence-electron chi connectivity index (χ3n) is 4.81. The molecule has 0 spiro atoms. The first-order chi connectivity index (χ1) is 14.2. The van der Waals surface area contributed by atoms with Crippen molar-refractivity contribution in [2.75, 3.05) is 19.8 Å². The lowest BCUT2D eigenvalue weighted by Gasteiger charge is -2.35. The first-order valence-corrected chi connectivity index (χ1v) is 9.69. The van der Waals surface area contributed by atoms with Crippen LogP contribution in [0.15, 0.2) is 24.5 Å². The highest BCUT2D eigenvalue weighted by molar-refractivity contribution is 5.75. The number of halogens is 3. The van der Waals surface area contributed by atoms with Gasteiger partial charge in [0.25, 0.3) is 0 Å². The zero-order valence-corrected chi connectivity index (χ0v) is 16.6. The van der Waals surface area contributed by atoms with E-state index in [9.17, 15) is 18.0 Å². The number of carboxylic acids is 1. The molecule has 8 nitrogen and oxygen atoms in total. The largest absolute Gasteiger partial charge is 0.490 e. The minimum atomic E-state index is -5.08. The Labute approximate surface area is 172 Å². The molecule has 0 unspecified atom stereocenters. The zero-order valence-electron chi connectivity index (χ0n) is 16.6. The number of aromatic nitrogens is 1. The van der Waals surface area contributed by atoms with E-state index in [1.165, 1.54) is 0 Å². The molecule has 0 saturated carbocycles. The highest BCUT2D eigenvalue weighted by Crippen LogP contribution is 2.31. The monoisotopic (exact) mass is 433 g/mol. The van der Waals surface area contributed by atoms with Gasteiger partial charge in [0.15, 0.2) is 0 Å². The van der Waals surface area contributed by atoms with Gasteiger partial charge in [-0.05, 0) is 37.8 Å². The summed E-state index contributed by atoms with van der Waals surface area (Å²) in [4.78, 5) is 27.3. The zero-order chi connectivity index (χ0) is 22.1. The predicted octanol–water partition coefficient (Wildman–Crippen LogP) is 2.58. The number of hydrogen-bond acceptors (Lipinski definition) is 5. The number of hydrogen-bond donors (Lipinski definition) is 2. The Kier molecular flexibility index (Phi) is 8.85. The number of aliphatic carboxylic acids is 1. The predicted molar refractivity (Wildman–Crippen MR) is 99.7 cm³/mol. The SMILES string of the molecule is CCOC[C@@H]1CC[C@H]2[C@H](CCN2C(=O)NCc2cccnc2)O1.O=C(O)C(F)(F)F. The number of nitrogens with one attached hydrogen (secondary N) is 1. The summed E-state index contributed by atoms with van der Waals surface area (Å²) in [6.45, 7) is 4.64. The molecule has 3 atom stereocenters. The van der Waals surface area contributed by atoms with Gasteiger partial charge in [0.05, 0.1) is 24.9 Å². The molecule has 30 heavy (non-hydrogen) atoms. The lowest BCUT2D eigenvalue weighted by Crippen LogP contribution is -2.48. The molecule has 3 heterocycles. The van der Waals surface area contributed by atoms with E-state index in [0.29, 0.717) is 13.2 Å². The first kappa shape index (κ1) is 23.9. The van der Waals surface area contributed by atoms with E-state index in [1.54, 1.807) is 12.4 Å². The van der Waals surface area contributed by atoms with Gasteiger partial charge >= 0.3 is 18.2 Å². The minimum Gasteiger partial charge on any atom is -0.475 e. The molecule has 3 rings (SSSR count). The van der Waals surface area contributed by atoms with Gasteiger partial charge in [0.1, 0.15) is 0 Å². The van der Waals surface area contributed by atoms with Gasteiger partial charge in [-0.25, -0.2) is 9.59 Å². The van der Waals surface area contributed by atoms with Crippen LogP contribution >= 0.6 is 0 Å². The topological polar surface area (TPSA) is 101 Å². The average Bonchev–Trinajstić information content (AvgIpc) is 3.14. The fraction of sp³-hybridized carbons (Fsp3) is 0.632. The molecular weight excluding hydrogens is 407 g/mol. The van der Waals surface area contributed by atoms with Crippen LogP contribution < -0.4 is 5.32 Å². The van der Waals surface area contributed by atoms with Crippen molar-refractivity contribution in [3.05, 3.63) is 30.1 Å². The second-order valence-electron chi connectivity index (χ2n) is 6.91. The summed E-state index contributed by atoms with van der Waals surface area (Å²) in [6, 6.07) is 4.03. The number of likely N-dealkylation sites (tertiary alicyclic amines) is 1. The van der Waals surface area contributed by atoms with Crippen molar-refractivity contribution in [1.82, 2.24) is 15.2 Å². The quantitative estimate of drug-likeness (QED) is 0.740. The van der Waals surface area contributed by atoms with Gasteiger partial charge in [-0.2, -0.15) is 13.2 Å². The van der Waals surface area contributed by atoms with Crippen molar-refractivity contribution in [3.63, 3.8) is 0 Å². The Morgan fingerprint density at radius 1 is 1.37 bits per heavy atom. The van der Waals surface area contributed by atoms with Gasteiger partial charge in [-0.1, -0.05) is 6.07 Å². The third-order valence-corrected chi connectivity index (χ3v) is 4.81. The molecule has 2 fully saturated rings. The third kappa shape index (κ3) is 7.13. The van der Waals surface area contributed by atoms with E-state index in [1.807, 2.05) is 24.0 Å². The number of alkyl halides is 3. The summed E-state index contributed by atoms with van der Waals surface area (Å²) in [6.07, 6.45) is 1.60. The van der Waals surface area contributed by atoms with Gasteiger partial charge in [0.2, 0.25) is 0 Å². The number of pyridine rings is 1. The van der Waals surface area contributed by atoms with Crippen LogP contribution in [-0.4, -0.2) is 71.2 Å². The lowest BCUT2D eigenvalue weighted by atomic mass is 9.99. The molecule has 0 bridgehead atoms. The van der Waals surface area contributed by atoms with E-state index in [4.69, 9.17) is 19.4 Å². The van der Waals surface area contributed by atoms with E-state index in [0.717, 1.165) is 38.0 Å². The van der Waals surface area contributed by atoms with E-state index >= 15 is 0 Å². The standard InChI is InChI=1S/C17H25N3O3.C2HF3O2/c1-2-22-12-14-5-6-15-16(23-14)7-9-20(15)17(21)19-11-13-4-3-8-18-10-13;3-2(4,5)1(6)7/h3-4,8,10,14-16H,2,5-7,9,11-12H2,1H3,(H,19,21);(H,6,7)/t14-,15-,16-;/m0./s1. The fourth-order valence-corrected chi connectivity index (χ4v) is 3.40. The number of nitrogens with zero attached hydrogens (tertiary/aromatic N) is 2. The van der Waals surface area contributed by atoms with Crippen LogP contribution in [-0.2, 0) is 20.8 Å². The van der Waals surface area contributed by atoms with Crippen LogP contribution in [0.3, 0.4) is 0 Å². The molecule has 2 aliphatic rings. The van der Waals surface area contributed by atoms with Gasteiger partial charge in [-0.15, -0.1) is 0 Å². The number of fused-ring (bicyclic) bond motifs is 1. The molecule has 0 aliphatic carbocycles. The molecule has 2 aliphatic heterocycles. The summed E-state index contributed by atoms with van der Waals surface area (Å²) in [5.41, 5.74) is 1.01. The molecule has 11 heteroatoms. The summed E-state index contributed by atoms with van der Waals surface area (Å²) in [5.74, 6) is -2.76. The smallest absolute Gasteiger partial charge is 0.475 e. The Hall–Kier alpha value is -2.40. The molecule has 2 amide bonds. The molecular formula is C19H26F3N3O5. The van der Waals surface area contributed by atoms with Crippen LogP contribution in [0.4, 0.5) is 18.0 Å². The number of urea groups is 1. The average molecular weight is 433 g/mol. The summed E-state index contributed by atoms with van der Waals surface area (Å²) in [7, 11) is 0. The van der Waals surface area contributed by atoms with Crippen LogP contribution in [0.5, 0.6) is 0 Å². The summed E-state index contributed by atoms with van der Waals surface area (Å²) in [5, 5.41) is 10.1. The number of carboxylic acid groups (broad SMARTS) is 1. The highest BCUT2D eigenvalue weighted by Gasteiger charge is 2.42. The Balaban J connectivity index is 0.000000396. The Morgan fingerprint density at radius 3 is 2.70 bits per heavy atom. The van der Waals surface area contributed by atoms with Crippen molar-refractivity contribution in [3.8, 4) is 0 Å². The summed E-state index contributed by atoms with van der Waals surface area (Å²) >= 11 is 0. The number of rotatable bonds is 5. The van der Waals surface area contributed by atoms with Crippen LogP contribution in [0.1, 0.15) is 31.7 Å². The maximum Gasteiger partial charge on any atom is 0.490 e. The molecule has 1 aromatic heterocycles. The number of amides is 2. The van der Waals surface area contributed by atoms with E-state index in [2.05, 4.69) is 10.3 Å². The molecule has 0 radical (unpaired) electrons. The highest BCUT2D eigenvalue weighted by atomic mass is 19.4. The fourth-order valence-electron chi connectivity index (χ4n) is 3.40. The molecule has 168 valence electrons. The Morgan fingerprint density at radius 2 is 2.10 bits per heavy atom. The van der Waals surface area contributed by atoms with Crippen molar-refractivity contribution >= 4 is 12.0 Å². The minimum absolute atomic E-state index is 0.00629. The Bertz CT molecular complexity index is 690. The van der Waals surface area contributed by atoms with Crippen molar-refractivity contribution in [2.24, 2.45) is 0 Å². The van der Waals surface area contributed by atoms with Crippen LogP contribution in [0.2, 0.25) is 0 Å². The second-order valence-corrected chi connectivity index (χ2v) is 6.91. The number of ether oxygens (including phenoxy) is 2. The number of carbonyl (C=O) groups excluding carboxylic acids is 1. The van der Waals surface area contributed by atoms with Crippen LogP contribution in [0.25, 0.3) is 0 Å². The molecule has 1 aromatic rings. The first-order valence-electron chi connectivity index (χ1n) is 9.69. The van der Waals surface area contributed by atoms with Crippen molar-refractivity contribution in [1.29, 1.82) is 0 Å². The normalized spacial score (nSPS) is 23.2. The number of carbonyl (C=O) groups is 2. The molecule has 2 saturated heterocycles. The maximum atomic E-state index is 12.4. The lowest BCUT2D eigenvalue weighted by molar-refractivity contribution is -0.192. The molecule has 0 aromatic carbocycles. The molecule has 2 N–H and O–H groups in total.